The van der Waals surface area contributed by atoms with Gasteiger partial charge in [-0.25, -0.2) is 0 Å². The first-order chi connectivity index (χ1) is 13.5. The Kier molecular flexibility index (Phi) is 7.71. The van der Waals surface area contributed by atoms with Crippen molar-refractivity contribution >= 4 is 17.9 Å². The number of rotatable bonds is 8. The van der Waals surface area contributed by atoms with Gasteiger partial charge in [0, 0.05) is 6.08 Å². The summed E-state index contributed by atoms with van der Waals surface area (Å²) in [6.07, 6.45) is 2.86. The molecule has 0 saturated carbocycles. The van der Waals surface area contributed by atoms with Crippen LogP contribution in [-0.4, -0.2) is 39.8 Å². The molecule has 2 N–H and O–H groups in total. The molecule has 0 spiro atoms. The van der Waals surface area contributed by atoms with E-state index in [1.165, 1.54) is 13.2 Å². The Balaban J connectivity index is 1.78. The number of ether oxygens (including phenoxy) is 4. The zero-order valence-electron chi connectivity index (χ0n) is 15.9. The van der Waals surface area contributed by atoms with Gasteiger partial charge in [0.05, 0.1) is 21.3 Å². The number of hydrogen-bond donors (Lipinski definition) is 2. The van der Waals surface area contributed by atoms with Gasteiger partial charge in [-0.1, -0.05) is 6.07 Å². The number of amides is 2. The van der Waals surface area contributed by atoms with Gasteiger partial charge in [-0.2, -0.15) is 0 Å². The molecule has 0 fully saturated rings. The highest BCUT2D eigenvalue weighted by Gasteiger charge is 2.05. The molecule has 0 bridgehead atoms. The Labute approximate surface area is 163 Å². The molecule has 148 valence electrons. The number of benzene rings is 2. The van der Waals surface area contributed by atoms with Crippen LogP contribution in [0.2, 0.25) is 0 Å². The van der Waals surface area contributed by atoms with E-state index in [-0.39, 0.29) is 6.61 Å². The van der Waals surface area contributed by atoms with Crippen molar-refractivity contribution in [3.05, 3.63) is 54.1 Å². The molecule has 2 aromatic carbocycles. The second-order valence-corrected chi connectivity index (χ2v) is 5.45. The van der Waals surface area contributed by atoms with Gasteiger partial charge in [0.25, 0.3) is 11.8 Å². The van der Waals surface area contributed by atoms with Gasteiger partial charge < -0.3 is 18.9 Å². The highest BCUT2D eigenvalue weighted by Crippen LogP contribution is 2.27. The van der Waals surface area contributed by atoms with Gasteiger partial charge >= 0.3 is 0 Å². The van der Waals surface area contributed by atoms with Gasteiger partial charge in [0.1, 0.15) is 11.5 Å². The van der Waals surface area contributed by atoms with Crippen LogP contribution >= 0.6 is 0 Å². The normalized spacial score (nSPS) is 10.2. The minimum atomic E-state index is -0.497. The Morgan fingerprint density at radius 2 is 1.54 bits per heavy atom. The summed E-state index contributed by atoms with van der Waals surface area (Å²) in [7, 11) is 4.63. The third-order valence-electron chi connectivity index (χ3n) is 3.59. The van der Waals surface area contributed by atoms with Crippen LogP contribution in [0.3, 0.4) is 0 Å². The predicted molar refractivity (Wildman–Crippen MR) is 103 cm³/mol. The van der Waals surface area contributed by atoms with E-state index in [2.05, 4.69) is 10.9 Å². The lowest BCUT2D eigenvalue weighted by Gasteiger charge is -2.08. The summed E-state index contributed by atoms with van der Waals surface area (Å²) in [6, 6.07) is 12.0. The third kappa shape index (κ3) is 6.24. The maximum Gasteiger partial charge on any atom is 0.276 e. The van der Waals surface area contributed by atoms with Crippen molar-refractivity contribution < 1.29 is 28.5 Å². The van der Waals surface area contributed by atoms with Crippen LogP contribution in [0.25, 0.3) is 6.08 Å². The molecule has 0 radical (unpaired) electrons. The Hall–Kier alpha value is -3.68. The van der Waals surface area contributed by atoms with Crippen LogP contribution < -0.4 is 29.8 Å². The fourth-order valence-corrected chi connectivity index (χ4v) is 2.16. The van der Waals surface area contributed by atoms with Crippen molar-refractivity contribution in [3.8, 4) is 23.0 Å². The van der Waals surface area contributed by atoms with Gasteiger partial charge in [0.2, 0.25) is 0 Å². The van der Waals surface area contributed by atoms with Crippen LogP contribution in [0, 0.1) is 0 Å². The third-order valence-corrected chi connectivity index (χ3v) is 3.59. The summed E-state index contributed by atoms with van der Waals surface area (Å²) in [4.78, 5) is 23.6. The Morgan fingerprint density at radius 1 is 0.857 bits per heavy atom. The SMILES string of the molecule is COc1ccc(OCC(=O)NNC(=O)/C=C/c2ccc(OC)c(OC)c2)cc1. The molecule has 0 aliphatic carbocycles. The van der Waals surface area contributed by atoms with Gasteiger partial charge in [0.15, 0.2) is 18.1 Å². The summed E-state index contributed by atoms with van der Waals surface area (Å²) in [5.41, 5.74) is 5.28. The molecule has 0 aliphatic rings. The molecule has 28 heavy (non-hydrogen) atoms. The van der Waals surface area contributed by atoms with E-state index in [1.54, 1.807) is 62.8 Å². The fraction of sp³-hybridized carbons (Fsp3) is 0.200. The molecule has 2 amide bonds. The molecule has 2 rings (SSSR count). The first kappa shape index (κ1) is 20.6. The smallest absolute Gasteiger partial charge is 0.276 e. The summed E-state index contributed by atoms with van der Waals surface area (Å²) < 4.78 is 20.7. The largest absolute Gasteiger partial charge is 0.497 e. The summed E-state index contributed by atoms with van der Waals surface area (Å²) in [6.45, 7) is -0.244. The molecule has 0 heterocycles. The lowest BCUT2D eigenvalue weighted by Crippen LogP contribution is -2.43. The highest BCUT2D eigenvalue weighted by atomic mass is 16.5. The quantitative estimate of drug-likeness (QED) is 0.532. The number of hydrazine groups is 1. The molecule has 2 aromatic rings. The predicted octanol–water partition coefficient (Wildman–Crippen LogP) is 1.95. The molecule has 0 atom stereocenters. The number of nitrogens with one attached hydrogen (secondary N) is 2. The van der Waals surface area contributed by atoms with Crippen molar-refractivity contribution in [1.82, 2.24) is 10.9 Å². The van der Waals surface area contributed by atoms with E-state index in [0.29, 0.717) is 23.0 Å². The zero-order chi connectivity index (χ0) is 20.4. The standard InChI is InChI=1S/C20H22N2O6/c1-25-15-6-8-16(9-7-15)28-13-20(24)22-21-19(23)11-5-14-4-10-17(26-2)18(12-14)27-3/h4-12H,13H2,1-3H3,(H,21,23)(H,22,24)/b11-5+. The minimum Gasteiger partial charge on any atom is -0.497 e. The maximum atomic E-state index is 11.8. The van der Waals surface area contributed by atoms with Gasteiger partial charge in [-0.3, -0.25) is 20.4 Å². The molecule has 0 unspecified atom stereocenters. The zero-order valence-corrected chi connectivity index (χ0v) is 15.9. The second kappa shape index (κ2) is 10.5. The molecular formula is C20H22N2O6. The van der Waals surface area contributed by atoms with E-state index in [0.717, 1.165) is 5.56 Å². The van der Waals surface area contributed by atoms with E-state index >= 15 is 0 Å². The Bertz CT molecular complexity index is 833. The van der Waals surface area contributed by atoms with Crippen LogP contribution in [0.15, 0.2) is 48.5 Å². The molecule has 0 aromatic heterocycles. The number of methoxy groups -OCH3 is 3. The second-order valence-electron chi connectivity index (χ2n) is 5.45. The average Bonchev–Trinajstić information content (AvgIpc) is 2.74. The van der Waals surface area contributed by atoms with Crippen LogP contribution in [-0.2, 0) is 9.59 Å². The van der Waals surface area contributed by atoms with E-state index in [1.807, 2.05) is 0 Å². The van der Waals surface area contributed by atoms with Crippen molar-refractivity contribution in [2.24, 2.45) is 0 Å². The highest BCUT2D eigenvalue weighted by molar-refractivity contribution is 5.93. The topological polar surface area (TPSA) is 95.1 Å². The first-order valence-corrected chi connectivity index (χ1v) is 8.31. The van der Waals surface area contributed by atoms with E-state index < -0.39 is 11.8 Å². The summed E-state index contributed by atoms with van der Waals surface area (Å²) >= 11 is 0. The van der Waals surface area contributed by atoms with Crippen molar-refractivity contribution in [1.29, 1.82) is 0 Å². The molecule has 0 aliphatic heterocycles. The molecule has 8 heteroatoms. The number of carbonyl (C=O) groups is 2. The van der Waals surface area contributed by atoms with Crippen LogP contribution in [0.1, 0.15) is 5.56 Å². The Morgan fingerprint density at radius 3 is 2.18 bits per heavy atom. The van der Waals surface area contributed by atoms with Crippen molar-refractivity contribution in [2.75, 3.05) is 27.9 Å². The maximum absolute atomic E-state index is 11.8. The average molecular weight is 386 g/mol. The molecule has 0 saturated heterocycles. The monoisotopic (exact) mass is 386 g/mol. The number of hydrogen-bond acceptors (Lipinski definition) is 6. The minimum absolute atomic E-state index is 0.244. The molecular weight excluding hydrogens is 364 g/mol. The van der Waals surface area contributed by atoms with Crippen LogP contribution in [0.4, 0.5) is 0 Å². The lowest BCUT2D eigenvalue weighted by molar-refractivity contribution is -0.128. The van der Waals surface area contributed by atoms with Gasteiger partial charge in [-0.05, 0) is 48.0 Å². The summed E-state index contributed by atoms with van der Waals surface area (Å²) in [5.74, 6) is 1.35. The fourth-order valence-electron chi connectivity index (χ4n) is 2.16. The lowest BCUT2D eigenvalue weighted by atomic mass is 10.2. The number of carbonyl (C=O) groups excluding carboxylic acids is 2. The van der Waals surface area contributed by atoms with Crippen LogP contribution in [0.5, 0.6) is 23.0 Å². The first-order valence-electron chi connectivity index (χ1n) is 8.31. The molecule has 8 nitrogen and oxygen atoms in total. The van der Waals surface area contributed by atoms with Crippen molar-refractivity contribution in [3.63, 3.8) is 0 Å². The van der Waals surface area contributed by atoms with Crippen molar-refractivity contribution in [2.45, 2.75) is 0 Å². The van der Waals surface area contributed by atoms with E-state index in [4.69, 9.17) is 18.9 Å². The summed E-state index contributed by atoms with van der Waals surface area (Å²) in [5, 5.41) is 0. The van der Waals surface area contributed by atoms with E-state index in [9.17, 15) is 9.59 Å². The van der Waals surface area contributed by atoms with Gasteiger partial charge in [-0.15, -0.1) is 0 Å².